The molecular formula is C28H32N6O3. The molecule has 1 saturated heterocycles. The van der Waals surface area contributed by atoms with E-state index in [0.29, 0.717) is 18.8 Å². The second-order valence-electron chi connectivity index (χ2n) is 9.86. The molecule has 1 aromatic carbocycles. The van der Waals surface area contributed by atoms with Crippen molar-refractivity contribution >= 4 is 11.5 Å². The quantitative estimate of drug-likeness (QED) is 0.407. The molecule has 2 amide bonds. The van der Waals surface area contributed by atoms with Gasteiger partial charge in [-0.1, -0.05) is 30.3 Å². The summed E-state index contributed by atoms with van der Waals surface area (Å²) >= 11 is 0. The fourth-order valence-corrected chi connectivity index (χ4v) is 4.72. The fraction of sp³-hybridized carbons (Fsp3) is 0.357. The minimum Gasteiger partial charge on any atom is -0.490 e. The Morgan fingerprint density at radius 1 is 1.03 bits per heavy atom. The highest BCUT2D eigenvalue weighted by atomic mass is 16.5. The van der Waals surface area contributed by atoms with Gasteiger partial charge in [-0.2, -0.15) is 10.2 Å². The van der Waals surface area contributed by atoms with Gasteiger partial charge < -0.3 is 14.5 Å². The molecule has 1 fully saturated rings. The van der Waals surface area contributed by atoms with E-state index < -0.39 is 0 Å². The molecule has 0 aliphatic carbocycles. The molecule has 9 heteroatoms. The maximum absolute atomic E-state index is 12.4. The van der Waals surface area contributed by atoms with E-state index >= 15 is 0 Å². The second kappa shape index (κ2) is 10.1. The highest BCUT2D eigenvalue weighted by Gasteiger charge is 2.25. The lowest BCUT2D eigenvalue weighted by Crippen LogP contribution is -2.46. The van der Waals surface area contributed by atoms with Gasteiger partial charge in [0.15, 0.2) is 0 Å². The number of nitrogens with zero attached hydrogens (tertiary/aromatic N) is 6. The molecule has 0 N–H and O–H groups in total. The third-order valence-corrected chi connectivity index (χ3v) is 6.62. The number of hydrogen-bond acceptors (Lipinski definition) is 5. The maximum atomic E-state index is 12.4. The number of aromatic nitrogens is 4. The molecule has 4 aromatic rings. The first-order chi connectivity index (χ1) is 17.8. The average molecular weight is 501 g/mol. The van der Waals surface area contributed by atoms with Crippen LogP contribution in [0.1, 0.15) is 32.7 Å². The third-order valence-electron chi connectivity index (χ3n) is 6.62. The number of carbonyl (C=O) groups is 1. The van der Waals surface area contributed by atoms with Gasteiger partial charge in [0.05, 0.1) is 22.8 Å². The van der Waals surface area contributed by atoms with Crippen molar-refractivity contribution in [2.45, 2.75) is 38.8 Å². The van der Waals surface area contributed by atoms with Crippen molar-refractivity contribution in [3.63, 3.8) is 0 Å². The number of ether oxygens (including phenoxy) is 1. The normalized spacial score (nSPS) is 14.4. The number of amides is 2. The van der Waals surface area contributed by atoms with Gasteiger partial charge in [-0.25, -0.2) is 14.0 Å². The summed E-state index contributed by atoms with van der Waals surface area (Å²) < 4.78 is 9.70. The van der Waals surface area contributed by atoms with Crippen LogP contribution in [0.2, 0.25) is 0 Å². The van der Waals surface area contributed by atoms with Crippen LogP contribution in [0.25, 0.3) is 28.0 Å². The van der Waals surface area contributed by atoms with Crippen molar-refractivity contribution in [1.82, 2.24) is 29.2 Å². The standard InChI is InChI=1S/C28H32N6O3/c1-19(2)34-25(35)11-10-23(29-34)26-24-18-22(37-21-12-15-32(16-13-21)28(36)31(3)4)14-17-33(24)30-27(26)20-8-6-5-7-9-20/h5-11,14,17-19,21H,12-13,15-16H2,1-4H3. The van der Waals surface area contributed by atoms with Crippen molar-refractivity contribution in [2.75, 3.05) is 27.2 Å². The Kier molecular flexibility index (Phi) is 6.69. The van der Waals surface area contributed by atoms with E-state index in [9.17, 15) is 9.59 Å². The van der Waals surface area contributed by atoms with Gasteiger partial charge >= 0.3 is 6.03 Å². The van der Waals surface area contributed by atoms with Crippen LogP contribution < -0.4 is 10.3 Å². The lowest BCUT2D eigenvalue weighted by Gasteiger charge is -2.33. The molecule has 4 heterocycles. The Bertz CT molecular complexity index is 1470. The molecule has 9 nitrogen and oxygen atoms in total. The SMILES string of the molecule is CC(C)n1nc(-c2c(-c3ccccc3)nn3ccc(OC4CCN(C(=O)N(C)C)CC4)cc23)ccc1=O. The zero-order chi connectivity index (χ0) is 26.1. The summed E-state index contributed by atoms with van der Waals surface area (Å²) in [6, 6.07) is 17.1. The number of piperidine rings is 1. The highest BCUT2D eigenvalue weighted by Crippen LogP contribution is 2.35. The Morgan fingerprint density at radius 3 is 2.43 bits per heavy atom. The Labute approximate surface area is 215 Å². The van der Waals surface area contributed by atoms with Crippen molar-refractivity contribution in [3.05, 3.63) is 71.1 Å². The number of likely N-dealkylation sites (tertiary alicyclic amines) is 1. The zero-order valence-corrected chi connectivity index (χ0v) is 21.7. The summed E-state index contributed by atoms with van der Waals surface area (Å²) in [4.78, 5) is 28.1. The summed E-state index contributed by atoms with van der Waals surface area (Å²) in [7, 11) is 3.55. The van der Waals surface area contributed by atoms with E-state index in [2.05, 4.69) is 0 Å². The molecule has 1 aliphatic heterocycles. The average Bonchev–Trinajstić information content (AvgIpc) is 3.28. The minimum absolute atomic E-state index is 0.0228. The van der Waals surface area contributed by atoms with Gasteiger partial charge in [-0.15, -0.1) is 0 Å². The van der Waals surface area contributed by atoms with Gasteiger partial charge in [0.2, 0.25) is 0 Å². The molecule has 0 spiro atoms. The van der Waals surface area contributed by atoms with Crippen LogP contribution >= 0.6 is 0 Å². The third kappa shape index (κ3) is 4.94. The van der Waals surface area contributed by atoms with Crippen LogP contribution in [-0.2, 0) is 0 Å². The number of fused-ring (bicyclic) bond motifs is 1. The molecule has 192 valence electrons. The molecule has 0 radical (unpaired) electrons. The van der Waals surface area contributed by atoms with Gasteiger partial charge in [0.25, 0.3) is 5.56 Å². The first-order valence-electron chi connectivity index (χ1n) is 12.6. The monoisotopic (exact) mass is 500 g/mol. The molecule has 0 bridgehead atoms. The van der Waals surface area contributed by atoms with E-state index in [0.717, 1.165) is 40.9 Å². The summed E-state index contributed by atoms with van der Waals surface area (Å²) in [5, 5.41) is 9.58. The smallest absolute Gasteiger partial charge is 0.319 e. The van der Waals surface area contributed by atoms with Gasteiger partial charge in [0, 0.05) is 63.9 Å². The number of rotatable bonds is 5. The fourth-order valence-electron chi connectivity index (χ4n) is 4.72. The number of pyridine rings is 1. The molecule has 0 saturated carbocycles. The van der Waals surface area contributed by atoms with Gasteiger partial charge in [-0.05, 0) is 26.0 Å². The van der Waals surface area contributed by atoms with Crippen molar-refractivity contribution in [1.29, 1.82) is 0 Å². The first-order valence-corrected chi connectivity index (χ1v) is 12.6. The van der Waals surface area contributed by atoms with Crippen molar-refractivity contribution in [3.8, 4) is 28.3 Å². The first kappa shape index (κ1) is 24.5. The summed E-state index contributed by atoms with van der Waals surface area (Å²) in [5.41, 5.74) is 3.98. The molecule has 0 unspecified atom stereocenters. The van der Waals surface area contributed by atoms with Crippen molar-refractivity contribution in [2.24, 2.45) is 0 Å². The van der Waals surface area contributed by atoms with Crippen LogP contribution in [-0.4, -0.2) is 68.5 Å². The molecule has 37 heavy (non-hydrogen) atoms. The van der Waals surface area contributed by atoms with E-state index in [-0.39, 0.29) is 23.7 Å². The van der Waals surface area contributed by atoms with Gasteiger partial charge in [-0.3, -0.25) is 4.79 Å². The lowest BCUT2D eigenvalue weighted by atomic mass is 10.0. The molecule has 0 atom stereocenters. The highest BCUT2D eigenvalue weighted by molar-refractivity contribution is 5.91. The number of urea groups is 1. The van der Waals surface area contributed by atoms with E-state index in [1.54, 1.807) is 31.1 Å². The molecular weight excluding hydrogens is 468 g/mol. The topological polar surface area (TPSA) is 85.0 Å². The molecule has 5 rings (SSSR count). The zero-order valence-electron chi connectivity index (χ0n) is 21.7. The van der Waals surface area contributed by atoms with Crippen molar-refractivity contribution < 1.29 is 9.53 Å². The van der Waals surface area contributed by atoms with Crippen LogP contribution in [0.3, 0.4) is 0 Å². The maximum Gasteiger partial charge on any atom is 0.319 e. The summed E-state index contributed by atoms with van der Waals surface area (Å²) in [6.45, 7) is 5.22. The minimum atomic E-state index is -0.139. The summed E-state index contributed by atoms with van der Waals surface area (Å²) in [5.74, 6) is 0.739. The number of carbonyl (C=O) groups excluding carboxylic acids is 1. The van der Waals surface area contributed by atoms with Crippen LogP contribution in [0.15, 0.2) is 65.6 Å². The van der Waals surface area contributed by atoms with E-state index in [4.69, 9.17) is 14.9 Å². The van der Waals surface area contributed by atoms with Crippen LogP contribution in [0.5, 0.6) is 5.75 Å². The van der Waals surface area contributed by atoms with E-state index in [1.807, 2.05) is 71.9 Å². The van der Waals surface area contributed by atoms with Crippen LogP contribution in [0.4, 0.5) is 4.79 Å². The molecule has 3 aromatic heterocycles. The number of hydrogen-bond donors (Lipinski definition) is 0. The van der Waals surface area contributed by atoms with Crippen LogP contribution in [0, 0.1) is 0 Å². The Morgan fingerprint density at radius 2 is 1.76 bits per heavy atom. The Hall–Kier alpha value is -4.14. The predicted molar refractivity (Wildman–Crippen MR) is 143 cm³/mol. The largest absolute Gasteiger partial charge is 0.490 e. The second-order valence-corrected chi connectivity index (χ2v) is 9.86. The predicted octanol–water partition coefficient (Wildman–Crippen LogP) is 4.33. The summed E-state index contributed by atoms with van der Waals surface area (Å²) in [6.07, 6.45) is 3.46. The van der Waals surface area contributed by atoms with E-state index in [1.165, 1.54) is 4.68 Å². The Balaban J connectivity index is 1.52. The number of benzene rings is 1. The lowest BCUT2D eigenvalue weighted by molar-refractivity contribution is 0.101. The molecule has 1 aliphatic rings. The van der Waals surface area contributed by atoms with Gasteiger partial charge in [0.1, 0.15) is 17.5 Å².